The van der Waals surface area contributed by atoms with Crippen LogP contribution in [-0.2, 0) is 0 Å². The molecule has 0 unspecified atom stereocenters. The van der Waals surface area contributed by atoms with Crippen molar-refractivity contribution in [2.75, 3.05) is 4.90 Å². The highest BCUT2D eigenvalue weighted by atomic mass is 32.1. The molecule has 3 heteroatoms. The average Bonchev–Trinajstić information content (AvgIpc) is 3.74. The molecule has 2 aromatic heterocycles. The van der Waals surface area contributed by atoms with Gasteiger partial charge in [0.2, 0.25) is 0 Å². The van der Waals surface area contributed by atoms with Gasteiger partial charge in [-0.25, -0.2) is 0 Å². The van der Waals surface area contributed by atoms with E-state index in [1.807, 2.05) is 22.7 Å². The zero-order valence-electron chi connectivity index (χ0n) is 26.5. The van der Waals surface area contributed by atoms with Gasteiger partial charge in [0, 0.05) is 52.4 Å². The molecule has 230 valence electrons. The molecule has 0 saturated heterocycles. The molecular weight excluding hydrogens is 631 g/mol. The second-order valence-corrected chi connectivity index (χ2v) is 14.6. The first kappa shape index (κ1) is 28.3. The van der Waals surface area contributed by atoms with Crippen LogP contribution in [0.5, 0.6) is 0 Å². The van der Waals surface area contributed by atoms with Crippen LogP contribution in [0.3, 0.4) is 0 Å². The fourth-order valence-electron chi connectivity index (χ4n) is 7.35. The van der Waals surface area contributed by atoms with E-state index in [2.05, 4.69) is 181 Å². The molecule has 0 radical (unpaired) electrons. The van der Waals surface area contributed by atoms with Crippen molar-refractivity contribution in [1.29, 1.82) is 0 Å². The van der Waals surface area contributed by atoms with Gasteiger partial charge >= 0.3 is 0 Å². The third kappa shape index (κ3) is 4.66. The van der Waals surface area contributed by atoms with Gasteiger partial charge < -0.3 is 4.90 Å². The molecule has 0 atom stereocenters. The summed E-state index contributed by atoms with van der Waals surface area (Å²) in [7, 11) is 0. The Balaban J connectivity index is 1.22. The Hall–Kier alpha value is -5.74. The van der Waals surface area contributed by atoms with E-state index in [9.17, 15) is 0 Å². The van der Waals surface area contributed by atoms with Gasteiger partial charge in [-0.15, -0.1) is 22.7 Å². The fourth-order valence-corrected chi connectivity index (χ4v) is 9.82. The Kier molecular flexibility index (Phi) is 6.61. The van der Waals surface area contributed by atoms with E-state index in [4.69, 9.17) is 0 Å². The predicted molar refractivity (Wildman–Crippen MR) is 215 cm³/mol. The molecule has 0 spiro atoms. The van der Waals surface area contributed by atoms with E-state index < -0.39 is 0 Å². The number of thiophene rings is 2. The van der Waals surface area contributed by atoms with E-state index in [1.165, 1.54) is 79.1 Å². The van der Waals surface area contributed by atoms with Crippen LogP contribution < -0.4 is 4.90 Å². The second-order valence-electron chi connectivity index (χ2n) is 12.5. The summed E-state index contributed by atoms with van der Waals surface area (Å²) in [6, 6.07) is 64.3. The Morgan fingerprint density at radius 1 is 0.347 bits per heavy atom. The summed E-state index contributed by atoms with van der Waals surface area (Å²) in [4.78, 5) is 2.48. The Bertz CT molecular complexity index is 2830. The Morgan fingerprint density at radius 2 is 0.959 bits per heavy atom. The lowest BCUT2D eigenvalue weighted by atomic mass is 10.00. The third-order valence-corrected chi connectivity index (χ3v) is 12.1. The van der Waals surface area contributed by atoms with Crippen molar-refractivity contribution in [2.45, 2.75) is 0 Å². The van der Waals surface area contributed by atoms with Crippen molar-refractivity contribution in [3.05, 3.63) is 176 Å². The number of fused-ring (bicyclic) bond motifs is 7. The van der Waals surface area contributed by atoms with Gasteiger partial charge in [-0.1, -0.05) is 133 Å². The summed E-state index contributed by atoms with van der Waals surface area (Å²) in [5.41, 5.74) is 8.40. The Labute approximate surface area is 292 Å². The largest absolute Gasteiger partial charge is 0.308 e. The standard InChI is InChI=1S/C46H29NS2/c1-2-12-30(13-3-1)32-15-10-16-35(28-32)47(44-36-17-5-4-14-33(36)29-41-39-19-7-9-23-43(39)49-46(41)44)34-26-24-31(25-27-34)37-20-11-21-40-38-18-6-8-22-42(38)48-45(37)40/h1-29H. The maximum atomic E-state index is 2.48. The van der Waals surface area contributed by atoms with Gasteiger partial charge in [0.15, 0.2) is 0 Å². The van der Waals surface area contributed by atoms with E-state index in [0.717, 1.165) is 11.4 Å². The molecule has 0 amide bonds. The van der Waals surface area contributed by atoms with Crippen LogP contribution in [0.2, 0.25) is 0 Å². The van der Waals surface area contributed by atoms with Crippen LogP contribution in [-0.4, -0.2) is 0 Å². The van der Waals surface area contributed by atoms with Gasteiger partial charge in [-0.2, -0.15) is 0 Å². The van der Waals surface area contributed by atoms with Gasteiger partial charge in [0.1, 0.15) is 0 Å². The lowest BCUT2D eigenvalue weighted by Gasteiger charge is -2.28. The summed E-state index contributed by atoms with van der Waals surface area (Å²) in [5.74, 6) is 0. The quantitative estimate of drug-likeness (QED) is 0.178. The zero-order chi connectivity index (χ0) is 32.3. The number of hydrogen-bond acceptors (Lipinski definition) is 3. The molecule has 0 bridgehead atoms. The first-order chi connectivity index (χ1) is 24.3. The lowest BCUT2D eigenvalue weighted by molar-refractivity contribution is 1.31. The van der Waals surface area contributed by atoms with Crippen LogP contribution in [0.4, 0.5) is 17.1 Å². The minimum atomic E-state index is 1.13. The summed E-state index contributed by atoms with van der Waals surface area (Å²) in [5, 5.41) is 7.74. The molecule has 0 aliphatic carbocycles. The Morgan fingerprint density at radius 3 is 1.76 bits per heavy atom. The summed E-state index contributed by atoms with van der Waals surface area (Å²) < 4.78 is 5.27. The molecular formula is C46H29NS2. The van der Waals surface area contributed by atoms with E-state index >= 15 is 0 Å². The summed E-state index contributed by atoms with van der Waals surface area (Å²) in [6.07, 6.45) is 0. The smallest absolute Gasteiger partial charge is 0.0718 e. The van der Waals surface area contributed by atoms with Gasteiger partial charge in [-0.05, 0) is 70.1 Å². The molecule has 49 heavy (non-hydrogen) atoms. The van der Waals surface area contributed by atoms with Gasteiger partial charge in [0.05, 0.1) is 10.4 Å². The van der Waals surface area contributed by atoms with Crippen molar-refractivity contribution in [3.63, 3.8) is 0 Å². The molecule has 2 heterocycles. The molecule has 10 aromatic rings. The third-order valence-electron chi connectivity index (χ3n) is 9.64. The molecule has 1 nitrogen and oxygen atoms in total. The van der Waals surface area contributed by atoms with Crippen LogP contribution in [0.25, 0.3) is 73.4 Å². The first-order valence-corrected chi connectivity index (χ1v) is 18.2. The number of rotatable bonds is 5. The van der Waals surface area contributed by atoms with Gasteiger partial charge in [-0.3, -0.25) is 0 Å². The van der Waals surface area contributed by atoms with Crippen LogP contribution in [0.1, 0.15) is 0 Å². The normalized spacial score (nSPS) is 11.7. The predicted octanol–water partition coefficient (Wildman–Crippen LogP) is 14.4. The van der Waals surface area contributed by atoms with E-state index in [1.54, 1.807) is 0 Å². The van der Waals surface area contributed by atoms with Crippen LogP contribution in [0, 0.1) is 0 Å². The topological polar surface area (TPSA) is 3.24 Å². The monoisotopic (exact) mass is 659 g/mol. The fraction of sp³-hybridized carbons (Fsp3) is 0. The highest BCUT2D eigenvalue weighted by molar-refractivity contribution is 7.26. The second kappa shape index (κ2) is 11.5. The molecule has 0 aliphatic rings. The molecule has 0 saturated carbocycles. The minimum Gasteiger partial charge on any atom is -0.308 e. The van der Waals surface area contributed by atoms with Crippen molar-refractivity contribution >= 4 is 90.9 Å². The van der Waals surface area contributed by atoms with Crippen molar-refractivity contribution in [1.82, 2.24) is 0 Å². The van der Waals surface area contributed by atoms with Crippen molar-refractivity contribution < 1.29 is 0 Å². The molecule has 0 N–H and O–H groups in total. The minimum absolute atomic E-state index is 1.13. The SMILES string of the molecule is c1ccc(-c2cccc(N(c3ccc(-c4cccc5c4sc4ccccc45)cc3)c3c4ccccc4cc4c3sc3ccccc34)c2)cc1. The molecule has 10 rings (SSSR count). The van der Waals surface area contributed by atoms with Crippen LogP contribution in [0.15, 0.2) is 176 Å². The maximum absolute atomic E-state index is 2.48. The summed E-state index contributed by atoms with van der Waals surface area (Å²) in [6.45, 7) is 0. The molecule has 0 aliphatic heterocycles. The van der Waals surface area contributed by atoms with Crippen molar-refractivity contribution in [2.24, 2.45) is 0 Å². The molecule has 8 aromatic carbocycles. The number of hydrogen-bond donors (Lipinski definition) is 0. The van der Waals surface area contributed by atoms with Crippen molar-refractivity contribution in [3.8, 4) is 22.3 Å². The summed E-state index contributed by atoms with van der Waals surface area (Å²) >= 11 is 3.77. The maximum Gasteiger partial charge on any atom is 0.0718 e. The number of benzene rings is 8. The van der Waals surface area contributed by atoms with E-state index in [0.29, 0.717) is 0 Å². The first-order valence-electron chi connectivity index (χ1n) is 16.6. The van der Waals surface area contributed by atoms with Crippen LogP contribution >= 0.6 is 22.7 Å². The van der Waals surface area contributed by atoms with Gasteiger partial charge in [0.25, 0.3) is 0 Å². The average molecular weight is 660 g/mol. The highest BCUT2D eigenvalue weighted by Gasteiger charge is 2.22. The number of anilines is 3. The molecule has 0 fully saturated rings. The zero-order valence-corrected chi connectivity index (χ0v) is 28.1. The van der Waals surface area contributed by atoms with E-state index in [-0.39, 0.29) is 0 Å². The highest BCUT2D eigenvalue weighted by Crippen LogP contribution is 2.49. The number of nitrogens with zero attached hydrogens (tertiary/aromatic N) is 1. The lowest BCUT2D eigenvalue weighted by Crippen LogP contribution is -2.11.